The van der Waals surface area contributed by atoms with Gasteiger partial charge in [-0.1, -0.05) is 37.6 Å². The van der Waals surface area contributed by atoms with Crippen molar-refractivity contribution in [1.82, 2.24) is 15.1 Å². The summed E-state index contributed by atoms with van der Waals surface area (Å²) >= 11 is 0. The molecule has 0 saturated heterocycles. The summed E-state index contributed by atoms with van der Waals surface area (Å²) in [4.78, 5) is 24.4. The van der Waals surface area contributed by atoms with E-state index in [1.165, 1.54) is 12.1 Å². The van der Waals surface area contributed by atoms with E-state index in [4.69, 9.17) is 11.5 Å². The molecule has 2 amide bonds. The molecule has 2 aromatic carbocycles. The van der Waals surface area contributed by atoms with Crippen molar-refractivity contribution in [1.29, 1.82) is 0 Å². The summed E-state index contributed by atoms with van der Waals surface area (Å²) in [6.07, 6.45) is 0. The zero-order valence-corrected chi connectivity index (χ0v) is 18.0. The van der Waals surface area contributed by atoms with E-state index in [1.807, 2.05) is 45.9 Å². The molecule has 0 atom stereocenters. The van der Waals surface area contributed by atoms with Gasteiger partial charge in [-0.3, -0.25) is 9.59 Å². The molecule has 0 aliphatic heterocycles. The lowest BCUT2D eigenvalue weighted by molar-refractivity contribution is 0.0948. The molecule has 5 N–H and O–H groups in total. The number of halogens is 1. The van der Waals surface area contributed by atoms with Gasteiger partial charge in [0.1, 0.15) is 11.5 Å². The van der Waals surface area contributed by atoms with E-state index in [0.29, 0.717) is 16.8 Å². The Balaban J connectivity index is 1.86. The van der Waals surface area contributed by atoms with E-state index in [9.17, 15) is 14.0 Å². The number of aryl methyl sites for hydroxylation is 2. The van der Waals surface area contributed by atoms with Gasteiger partial charge in [0.05, 0.1) is 11.4 Å². The lowest BCUT2D eigenvalue weighted by atomic mass is 10.0. The highest BCUT2D eigenvalue weighted by atomic mass is 19.1. The minimum Gasteiger partial charge on any atom is -0.395 e. The summed E-state index contributed by atoms with van der Waals surface area (Å²) in [6.45, 7) is 7.65. The Morgan fingerprint density at radius 3 is 2.48 bits per heavy atom. The van der Waals surface area contributed by atoms with Gasteiger partial charge in [0.15, 0.2) is 5.69 Å². The van der Waals surface area contributed by atoms with E-state index in [0.717, 1.165) is 15.8 Å². The zero-order valence-electron chi connectivity index (χ0n) is 18.0. The van der Waals surface area contributed by atoms with Crippen molar-refractivity contribution in [3.8, 4) is 5.69 Å². The molecule has 0 saturated carbocycles. The standard InChI is InChI=1S/C23H26FN5O2/c1-12(2)20-19(25)21(22(26)30)29(28-20)18-8-7-15(10-17(18)24)11-27-23(31)16-9-13(3)5-6-14(16)4/h5-10,12H,11,25H2,1-4H3,(H2,26,30)(H,27,31). The Labute approximate surface area is 180 Å². The quantitative estimate of drug-likeness (QED) is 0.564. The van der Waals surface area contributed by atoms with Gasteiger partial charge in [0.2, 0.25) is 0 Å². The highest BCUT2D eigenvalue weighted by Crippen LogP contribution is 2.27. The van der Waals surface area contributed by atoms with Gasteiger partial charge >= 0.3 is 0 Å². The molecular formula is C23H26FN5O2. The molecule has 3 aromatic rings. The van der Waals surface area contributed by atoms with E-state index in [-0.39, 0.29) is 35.4 Å². The third-order valence-electron chi connectivity index (χ3n) is 5.06. The normalized spacial score (nSPS) is 11.0. The van der Waals surface area contributed by atoms with Crippen molar-refractivity contribution in [2.75, 3.05) is 5.73 Å². The molecule has 31 heavy (non-hydrogen) atoms. The summed E-state index contributed by atoms with van der Waals surface area (Å²) < 4.78 is 16.1. The fraction of sp³-hybridized carbons (Fsp3) is 0.261. The lowest BCUT2D eigenvalue weighted by Gasteiger charge is -2.11. The molecule has 1 heterocycles. The molecule has 0 aliphatic carbocycles. The van der Waals surface area contributed by atoms with E-state index < -0.39 is 11.7 Å². The van der Waals surface area contributed by atoms with Crippen molar-refractivity contribution in [3.63, 3.8) is 0 Å². The van der Waals surface area contributed by atoms with Crippen LogP contribution in [0.3, 0.4) is 0 Å². The van der Waals surface area contributed by atoms with Crippen LogP contribution in [0.2, 0.25) is 0 Å². The van der Waals surface area contributed by atoms with Crippen molar-refractivity contribution < 1.29 is 14.0 Å². The number of nitrogens with zero attached hydrogens (tertiary/aromatic N) is 2. The molecule has 8 heteroatoms. The van der Waals surface area contributed by atoms with Gasteiger partial charge in [0, 0.05) is 12.1 Å². The van der Waals surface area contributed by atoms with Gasteiger partial charge in [0.25, 0.3) is 11.8 Å². The lowest BCUT2D eigenvalue weighted by Crippen LogP contribution is -2.24. The minimum atomic E-state index is -0.791. The maximum absolute atomic E-state index is 14.9. The maximum Gasteiger partial charge on any atom is 0.269 e. The van der Waals surface area contributed by atoms with E-state index in [2.05, 4.69) is 10.4 Å². The van der Waals surface area contributed by atoms with Gasteiger partial charge in [-0.2, -0.15) is 5.10 Å². The predicted molar refractivity (Wildman–Crippen MR) is 118 cm³/mol. The first-order valence-electron chi connectivity index (χ1n) is 9.92. The highest BCUT2D eigenvalue weighted by molar-refractivity contribution is 5.97. The third-order valence-corrected chi connectivity index (χ3v) is 5.06. The molecule has 3 rings (SSSR count). The fourth-order valence-corrected chi connectivity index (χ4v) is 3.38. The summed E-state index contributed by atoms with van der Waals surface area (Å²) in [5.41, 5.74) is 15.1. The number of rotatable bonds is 6. The average molecular weight is 423 g/mol. The Morgan fingerprint density at radius 2 is 1.87 bits per heavy atom. The van der Waals surface area contributed by atoms with Crippen molar-refractivity contribution >= 4 is 17.5 Å². The van der Waals surface area contributed by atoms with Crippen LogP contribution < -0.4 is 16.8 Å². The topological polar surface area (TPSA) is 116 Å². The first-order chi connectivity index (χ1) is 14.6. The summed E-state index contributed by atoms with van der Waals surface area (Å²) in [5.74, 6) is -1.70. The Hall–Kier alpha value is -3.68. The monoisotopic (exact) mass is 423 g/mol. The number of benzene rings is 2. The molecule has 0 aliphatic rings. The van der Waals surface area contributed by atoms with Crippen LogP contribution in [0, 0.1) is 19.7 Å². The van der Waals surface area contributed by atoms with Crippen molar-refractivity contribution in [2.45, 2.75) is 40.2 Å². The minimum absolute atomic E-state index is 0.0528. The van der Waals surface area contributed by atoms with Crippen LogP contribution >= 0.6 is 0 Å². The summed E-state index contributed by atoms with van der Waals surface area (Å²) in [7, 11) is 0. The predicted octanol–water partition coefficient (Wildman–Crippen LogP) is 3.36. The molecule has 7 nitrogen and oxygen atoms in total. The number of carbonyl (C=O) groups is 2. The number of nitrogens with two attached hydrogens (primary N) is 2. The van der Waals surface area contributed by atoms with Crippen LogP contribution in [-0.2, 0) is 6.54 Å². The highest BCUT2D eigenvalue weighted by Gasteiger charge is 2.24. The molecule has 1 aromatic heterocycles. The second-order valence-electron chi connectivity index (χ2n) is 7.87. The molecule has 162 valence electrons. The van der Waals surface area contributed by atoms with Crippen LogP contribution in [-0.4, -0.2) is 21.6 Å². The molecule has 0 spiro atoms. The van der Waals surface area contributed by atoms with Crippen LogP contribution in [0.1, 0.15) is 63.0 Å². The average Bonchev–Trinajstić information content (AvgIpc) is 3.05. The van der Waals surface area contributed by atoms with Gasteiger partial charge in [-0.05, 0) is 49.1 Å². The van der Waals surface area contributed by atoms with E-state index in [1.54, 1.807) is 6.07 Å². The second kappa shape index (κ2) is 8.59. The molecule has 0 unspecified atom stereocenters. The van der Waals surface area contributed by atoms with Gasteiger partial charge < -0.3 is 16.8 Å². The number of hydrogen-bond acceptors (Lipinski definition) is 4. The molecule has 0 radical (unpaired) electrons. The largest absolute Gasteiger partial charge is 0.395 e. The summed E-state index contributed by atoms with van der Waals surface area (Å²) in [6, 6.07) is 10.1. The molecular weight excluding hydrogens is 397 g/mol. The molecule has 0 fully saturated rings. The van der Waals surface area contributed by atoms with Crippen LogP contribution in [0.4, 0.5) is 10.1 Å². The Morgan fingerprint density at radius 1 is 1.16 bits per heavy atom. The van der Waals surface area contributed by atoms with Crippen LogP contribution in [0.5, 0.6) is 0 Å². The number of anilines is 1. The van der Waals surface area contributed by atoms with E-state index >= 15 is 0 Å². The first kappa shape index (κ1) is 22.0. The maximum atomic E-state index is 14.9. The number of nitrogens with one attached hydrogen (secondary N) is 1. The number of hydrogen-bond donors (Lipinski definition) is 3. The number of carbonyl (C=O) groups excluding carboxylic acids is 2. The summed E-state index contributed by atoms with van der Waals surface area (Å²) in [5, 5.41) is 7.11. The first-order valence-corrected chi connectivity index (χ1v) is 9.92. The second-order valence-corrected chi connectivity index (χ2v) is 7.87. The van der Waals surface area contributed by atoms with Gasteiger partial charge in [-0.15, -0.1) is 0 Å². The SMILES string of the molecule is Cc1ccc(C)c(C(=O)NCc2ccc(-n3nc(C(C)C)c(N)c3C(N)=O)c(F)c2)c1. The van der Waals surface area contributed by atoms with Crippen LogP contribution in [0.25, 0.3) is 5.69 Å². The smallest absolute Gasteiger partial charge is 0.269 e. The number of primary amides is 1. The zero-order chi connectivity index (χ0) is 22.9. The Bertz CT molecular complexity index is 1170. The number of aromatic nitrogens is 2. The number of amides is 2. The fourth-order valence-electron chi connectivity index (χ4n) is 3.38. The van der Waals surface area contributed by atoms with Crippen molar-refractivity contribution in [3.05, 3.63) is 75.9 Å². The van der Waals surface area contributed by atoms with Crippen LogP contribution in [0.15, 0.2) is 36.4 Å². The number of nitrogen functional groups attached to an aromatic ring is 1. The van der Waals surface area contributed by atoms with Gasteiger partial charge in [-0.25, -0.2) is 9.07 Å². The Kier molecular flexibility index (Phi) is 6.10. The third kappa shape index (κ3) is 4.42. The molecule has 0 bridgehead atoms. The van der Waals surface area contributed by atoms with Crippen molar-refractivity contribution in [2.24, 2.45) is 5.73 Å².